The van der Waals surface area contributed by atoms with Gasteiger partial charge in [0.05, 0.1) is 7.11 Å². The summed E-state index contributed by atoms with van der Waals surface area (Å²) in [5.74, 6) is 0.251. The first-order valence-electron chi connectivity index (χ1n) is 6.52. The van der Waals surface area contributed by atoms with Crippen molar-refractivity contribution in [3.8, 4) is 5.75 Å². The van der Waals surface area contributed by atoms with E-state index in [1.165, 1.54) is 0 Å². The summed E-state index contributed by atoms with van der Waals surface area (Å²) in [6.45, 7) is 0.554. The largest absolute Gasteiger partial charge is 0.497 e. The van der Waals surface area contributed by atoms with Crippen molar-refractivity contribution in [2.24, 2.45) is 5.73 Å². The molecule has 1 amide bonds. The Morgan fingerprint density at radius 1 is 1.29 bits per heavy atom. The highest BCUT2D eigenvalue weighted by Crippen LogP contribution is 2.28. The molecule has 1 atom stereocenters. The van der Waals surface area contributed by atoms with Crippen molar-refractivity contribution in [2.45, 2.75) is 12.6 Å². The number of benzene rings is 2. The van der Waals surface area contributed by atoms with Gasteiger partial charge in [0, 0.05) is 11.0 Å². The molecule has 0 bridgehead atoms. The summed E-state index contributed by atoms with van der Waals surface area (Å²) in [7, 11) is 1.59. The molecule has 2 aromatic rings. The minimum Gasteiger partial charge on any atom is -0.497 e. The molecule has 0 fully saturated rings. The average Bonchev–Trinajstić information content (AvgIpc) is 2.50. The molecule has 0 aliphatic rings. The second-order valence-corrected chi connectivity index (χ2v) is 5.44. The van der Waals surface area contributed by atoms with Gasteiger partial charge in [0.1, 0.15) is 11.8 Å². The first kappa shape index (κ1) is 15.5. The van der Waals surface area contributed by atoms with E-state index in [4.69, 9.17) is 10.5 Å². The fraction of sp³-hybridized carbons (Fsp3) is 0.188. The lowest BCUT2D eigenvalue weighted by Crippen LogP contribution is -2.33. The van der Waals surface area contributed by atoms with E-state index in [0.717, 1.165) is 15.6 Å². The number of nitrogens with one attached hydrogen (secondary N) is 1. The summed E-state index contributed by atoms with van der Waals surface area (Å²) >= 11 is 3.45. The summed E-state index contributed by atoms with van der Waals surface area (Å²) in [5.41, 5.74) is 7.38. The zero-order chi connectivity index (χ0) is 15.2. The predicted molar refractivity (Wildman–Crippen MR) is 85.9 cm³/mol. The Morgan fingerprint density at radius 2 is 2.00 bits per heavy atom. The predicted octanol–water partition coefficient (Wildman–Crippen LogP) is 2.77. The molecule has 0 aromatic heterocycles. The molecule has 0 radical (unpaired) electrons. The zero-order valence-electron chi connectivity index (χ0n) is 11.7. The Balaban J connectivity index is 2.21. The van der Waals surface area contributed by atoms with E-state index in [-0.39, 0.29) is 0 Å². The van der Waals surface area contributed by atoms with Gasteiger partial charge in [-0.2, -0.15) is 0 Å². The fourth-order valence-corrected chi connectivity index (χ4v) is 2.53. The van der Waals surface area contributed by atoms with Gasteiger partial charge in [-0.15, -0.1) is 0 Å². The quantitative estimate of drug-likeness (QED) is 0.843. The molecule has 0 saturated heterocycles. The number of rotatable bonds is 6. The van der Waals surface area contributed by atoms with Gasteiger partial charge in [0.2, 0.25) is 5.91 Å². The van der Waals surface area contributed by atoms with Crippen LogP contribution < -0.4 is 15.8 Å². The third-order valence-electron chi connectivity index (χ3n) is 3.15. The molecule has 2 aromatic carbocycles. The second-order valence-electron chi connectivity index (χ2n) is 4.59. The lowest BCUT2D eigenvalue weighted by Gasteiger charge is -2.18. The highest BCUT2D eigenvalue weighted by Gasteiger charge is 2.20. The van der Waals surface area contributed by atoms with Crippen LogP contribution in [0.25, 0.3) is 0 Å². The van der Waals surface area contributed by atoms with Gasteiger partial charge in [-0.05, 0) is 29.3 Å². The molecule has 2 rings (SSSR count). The molecule has 110 valence electrons. The number of hydrogen-bond acceptors (Lipinski definition) is 3. The van der Waals surface area contributed by atoms with E-state index in [2.05, 4.69) is 21.2 Å². The number of halogens is 1. The van der Waals surface area contributed by atoms with Crippen molar-refractivity contribution in [3.05, 3.63) is 64.1 Å². The summed E-state index contributed by atoms with van der Waals surface area (Å²) in [6.07, 6.45) is 0. The van der Waals surface area contributed by atoms with Gasteiger partial charge < -0.3 is 10.5 Å². The monoisotopic (exact) mass is 348 g/mol. The zero-order valence-corrected chi connectivity index (χ0v) is 13.3. The van der Waals surface area contributed by atoms with Gasteiger partial charge in [0.15, 0.2) is 0 Å². The molecule has 1 unspecified atom stereocenters. The van der Waals surface area contributed by atoms with E-state index in [1.807, 2.05) is 42.5 Å². The average molecular weight is 349 g/mol. The number of methoxy groups -OCH3 is 1. The topological polar surface area (TPSA) is 64.3 Å². The fourth-order valence-electron chi connectivity index (χ4n) is 2.05. The van der Waals surface area contributed by atoms with Gasteiger partial charge in [-0.3, -0.25) is 10.1 Å². The maximum atomic E-state index is 11.8. The van der Waals surface area contributed by atoms with E-state index in [9.17, 15) is 4.79 Å². The summed E-state index contributed by atoms with van der Waals surface area (Å²) < 4.78 is 6.01. The molecule has 5 heteroatoms. The van der Waals surface area contributed by atoms with Gasteiger partial charge in [-0.1, -0.05) is 46.3 Å². The molecule has 0 heterocycles. The third kappa shape index (κ3) is 4.06. The van der Waals surface area contributed by atoms with Crippen molar-refractivity contribution in [1.29, 1.82) is 0 Å². The van der Waals surface area contributed by atoms with Crippen LogP contribution in [0.2, 0.25) is 0 Å². The number of hydrogen-bond donors (Lipinski definition) is 2. The molecular formula is C16H17BrN2O2. The molecular weight excluding hydrogens is 332 g/mol. The molecule has 0 aliphatic heterocycles. The van der Waals surface area contributed by atoms with Gasteiger partial charge >= 0.3 is 0 Å². The SMILES string of the molecule is COc1ccc(Br)c(C(NCc2ccccc2)C(N)=O)c1. The molecule has 3 N–H and O–H groups in total. The Hall–Kier alpha value is -1.85. The normalized spacial score (nSPS) is 11.9. The van der Waals surface area contributed by atoms with Crippen LogP contribution in [0.15, 0.2) is 53.0 Å². The summed E-state index contributed by atoms with van der Waals surface area (Å²) in [5, 5.41) is 3.18. The van der Waals surface area contributed by atoms with Crippen LogP contribution in [0.3, 0.4) is 0 Å². The van der Waals surface area contributed by atoms with Crippen LogP contribution in [0.5, 0.6) is 5.75 Å². The standard InChI is InChI=1S/C16H17BrN2O2/c1-21-12-7-8-14(17)13(9-12)15(16(18)20)19-10-11-5-3-2-4-6-11/h2-9,15,19H,10H2,1H3,(H2,18,20). The van der Waals surface area contributed by atoms with E-state index >= 15 is 0 Å². The first-order chi connectivity index (χ1) is 10.1. The van der Waals surface area contributed by atoms with Crippen molar-refractivity contribution in [1.82, 2.24) is 5.32 Å². The lowest BCUT2D eigenvalue weighted by molar-refractivity contribution is -0.120. The maximum absolute atomic E-state index is 11.8. The van der Waals surface area contributed by atoms with Crippen LogP contribution in [0, 0.1) is 0 Å². The number of carbonyl (C=O) groups excluding carboxylic acids is 1. The van der Waals surface area contributed by atoms with Crippen molar-refractivity contribution >= 4 is 21.8 Å². The summed E-state index contributed by atoms with van der Waals surface area (Å²) in [4.78, 5) is 11.8. The molecule has 4 nitrogen and oxygen atoms in total. The number of primary amides is 1. The number of ether oxygens (including phenoxy) is 1. The Bertz CT molecular complexity index is 617. The van der Waals surface area contributed by atoms with E-state index < -0.39 is 11.9 Å². The Kier molecular flexibility index (Phi) is 5.36. The van der Waals surface area contributed by atoms with Crippen LogP contribution in [-0.4, -0.2) is 13.0 Å². The van der Waals surface area contributed by atoms with E-state index in [0.29, 0.717) is 12.3 Å². The van der Waals surface area contributed by atoms with E-state index in [1.54, 1.807) is 13.2 Å². The summed E-state index contributed by atoms with van der Waals surface area (Å²) in [6, 6.07) is 14.7. The third-order valence-corrected chi connectivity index (χ3v) is 3.87. The second kappa shape index (κ2) is 7.24. The van der Waals surface area contributed by atoms with Crippen LogP contribution >= 0.6 is 15.9 Å². The lowest BCUT2D eigenvalue weighted by atomic mass is 10.1. The number of nitrogens with two attached hydrogens (primary N) is 1. The number of carbonyl (C=O) groups is 1. The van der Waals surface area contributed by atoms with Crippen LogP contribution in [0.1, 0.15) is 17.2 Å². The highest BCUT2D eigenvalue weighted by atomic mass is 79.9. The van der Waals surface area contributed by atoms with Crippen LogP contribution in [-0.2, 0) is 11.3 Å². The first-order valence-corrected chi connectivity index (χ1v) is 7.31. The highest BCUT2D eigenvalue weighted by molar-refractivity contribution is 9.10. The van der Waals surface area contributed by atoms with Gasteiger partial charge in [-0.25, -0.2) is 0 Å². The Labute approximate surface area is 132 Å². The smallest absolute Gasteiger partial charge is 0.239 e. The minimum absolute atomic E-state index is 0.431. The maximum Gasteiger partial charge on any atom is 0.239 e. The molecule has 0 aliphatic carbocycles. The number of amides is 1. The van der Waals surface area contributed by atoms with Crippen molar-refractivity contribution in [2.75, 3.05) is 7.11 Å². The minimum atomic E-state index is -0.588. The van der Waals surface area contributed by atoms with Gasteiger partial charge in [0.25, 0.3) is 0 Å². The van der Waals surface area contributed by atoms with Crippen molar-refractivity contribution in [3.63, 3.8) is 0 Å². The molecule has 0 spiro atoms. The van der Waals surface area contributed by atoms with Crippen LogP contribution in [0.4, 0.5) is 0 Å². The molecule has 0 saturated carbocycles. The Morgan fingerprint density at radius 3 is 2.62 bits per heavy atom. The van der Waals surface area contributed by atoms with Crippen molar-refractivity contribution < 1.29 is 9.53 Å². The molecule has 21 heavy (non-hydrogen) atoms.